The van der Waals surface area contributed by atoms with Gasteiger partial charge >= 0.3 is 5.97 Å². The van der Waals surface area contributed by atoms with Crippen LogP contribution in [0.2, 0.25) is 0 Å². The van der Waals surface area contributed by atoms with E-state index < -0.39 is 0 Å². The van der Waals surface area contributed by atoms with Crippen molar-refractivity contribution in [2.45, 2.75) is 19.5 Å². The third kappa shape index (κ3) is 2.77. The number of fused-ring (bicyclic) bond motifs is 1. The van der Waals surface area contributed by atoms with Gasteiger partial charge in [0.05, 0.1) is 13.7 Å². The standard InChI is InChI=1S/C12H14N2O2.ClH/c1-8(12(15)16-2)14-11-10-6-4-3-5-9(10)7-13-11;/h3-6,8H,7H2,1-2H3,(H,13,14);1H/p-1. The van der Waals surface area contributed by atoms with Crippen molar-refractivity contribution in [1.29, 1.82) is 0 Å². The number of carbonyl (C=O) groups excluding carboxylic acids is 1. The van der Waals surface area contributed by atoms with Gasteiger partial charge < -0.3 is 22.5 Å². The number of nitrogens with one attached hydrogen (secondary N) is 1. The van der Waals surface area contributed by atoms with Crippen molar-refractivity contribution in [3.8, 4) is 0 Å². The maximum Gasteiger partial charge on any atom is 0.328 e. The van der Waals surface area contributed by atoms with Gasteiger partial charge in [0.2, 0.25) is 0 Å². The molecule has 1 aromatic rings. The predicted octanol–water partition coefficient (Wildman–Crippen LogP) is -1.90. The van der Waals surface area contributed by atoms with Crippen LogP contribution in [-0.2, 0) is 16.1 Å². The van der Waals surface area contributed by atoms with Crippen LogP contribution in [0, 0.1) is 0 Å². The van der Waals surface area contributed by atoms with Crippen LogP contribution in [0.4, 0.5) is 0 Å². The molecule has 0 saturated heterocycles. The van der Waals surface area contributed by atoms with Gasteiger partial charge in [-0.2, -0.15) is 0 Å². The monoisotopic (exact) mass is 253 g/mol. The molecule has 0 saturated carbocycles. The number of aliphatic imine (C=N–C) groups is 1. The Morgan fingerprint density at radius 2 is 2.18 bits per heavy atom. The lowest BCUT2D eigenvalue weighted by atomic mass is 10.1. The summed E-state index contributed by atoms with van der Waals surface area (Å²) in [5.74, 6) is 0.487. The first-order chi connectivity index (χ1) is 7.72. The molecule has 0 spiro atoms. The molecule has 0 amide bonds. The van der Waals surface area contributed by atoms with E-state index in [0.29, 0.717) is 6.54 Å². The molecule has 0 fully saturated rings. The fraction of sp³-hybridized carbons (Fsp3) is 0.333. The molecule has 1 aliphatic rings. The molecule has 1 atom stereocenters. The number of hydrogen-bond acceptors (Lipinski definition) is 4. The fourth-order valence-corrected chi connectivity index (χ4v) is 1.70. The zero-order chi connectivity index (χ0) is 11.5. The van der Waals surface area contributed by atoms with Gasteiger partial charge in [-0.25, -0.2) is 4.79 Å². The first-order valence-corrected chi connectivity index (χ1v) is 5.19. The number of rotatable bonds is 2. The third-order valence-corrected chi connectivity index (χ3v) is 2.59. The minimum Gasteiger partial charge on any atom is -1.00 e. The number of methoxy groups -OCH3 is 1. The Morgan fingerprint density at radius 1 is 1.47 bits per heavy atom. The average molecular weight is 254 g/mol. The van der Waals surface area contributed by atoms with Crippen molar-refractivity contribution in [3.05, 3.63) is 35.4 Å². The Kier molecular flexibility index (Phi) is 4.52. The highest BCUT2D eigenvalue weighted by Gasteiger charge is 2.20. The lowest BCUT2D eigenvalue weighted by molar-refractivity contribution is -0.142. The van der Waals surface area contributed by atoms with Crippen molar-refractivity contribution in [2.24, 2.45) is 4.99 Å². The van der Waals surface area contributed by atoms with E-state index in [0.717, 1.165) is 11.4 Å². The number of nitrogens with zero attached hydrogens (tertiary/aromatic N) is 1. The lowest BCUT2D eigenvalue weighted by Crippen LogP contribution is -3.00. The lowest BCUT2D eigenvalue weighted by Gasteiger charge is -2.13. The van der Waals surface area contributed by atoms with Gasteiger partial charge in [-0.3, -0.25) is 4.99 Å². The maximum atomic E-state index is 11.3. The molecule has 0 aliphatic carbocycles. The number of esters is 1. The van der Waals surface area contributed by atoms with Crippen molar-refractivity contribution in [2.75, 3.05) is 7.11 Å². The van der Waals surface area contributed by atoms with Gasteiger partial charge in [-0.05, 0) is 12.5 Å². The highest BCUT2D eigenvalue weighted by Crippen LogP contribution is 2.17. The number of amidine groups is 1. The topological polar surface area (TPSA) is 50.7 Å². The van der Waals surface area contributed by atoms with E-state index in [1.165, 1.54) is 12.7 Å². The summed E-state index contributed by atoms with van der Waals surface area (Å²) in [4.78, 5) is 15.6. The second kappa shape index (κ2) is 5.68. The first-order valence-electron chi connectivity index (χ1n) is 5.19. The number of carbonyl (C=O) groups is 1. The van der Waals surface area contributed by atoms with Gasteiger partial charge in [-0.15, -0.1) is 0 Å². The fourth-order valence-electron chi connectivity index (χ4n) is 1.70. The molecular formula is C12H14ClN2O2-. The van der Waals surface area contributed by atoms with E-state index in [9.17, 15) is 4.79 Å². The first kappa shape index (κ1) is 13.5. The molecule has 92 valence electrons. The Hall–Kier alpha value is -1.55. The second-order valence-electron chi connectivity index (χ2n) is 3.71. The molecule has 1 unspecified atom stereocenters. The van der Waals surface area contributed by atoms with Crippen molar-refractivity contribution >= 4 is 11.8 Å². The Morgan fingerprint density at radius 3 is 2.88 bits per heavy atom. The number of halogens is 1. The van der Waals surface area contributed by atoms with E-state index in [2.05, 4.69) is 15.0 Å². The number of benzene rings is 1. The summed E-state index contributed by atoms with van der Waals surface area (Å²) in [5, 5.41) is 3.06. The second-order valence-corrected chi connectivity index (χ2v) is 3.71. The number of hydrogen-bond donors (Lipinski definition) is 1. The van der Waals surface area contributed by atoms with Crippen molar-refractivity contribution in [1.82, 2.24) is 5.32 Å². The molecule has 1 heterocycles. The van der Waals surface area contributed by atoms with Crippen molar-refractivity contribution in [3.63, 3.8) is 0 Å². The van der Waals surface area contributed by atoms with Gasteiger partial charge in [-0.1, -0.05) is 24.3 Å². The molecule has 0 aromatic heterocycles. The molecule has 0 bridgehead atoms. The Balaban J connectivity index is 0.00000144. The van der Waals surface area contributed by atoms with E-state index in [1.54, 1.807) is 6.92 Å². The van der Waals surface area contributed by atoms with Gasteiger partial charge in [0, 0.05) is 5.56 Å². The van der Waals surface area contributed by atoms with Crippen LogP contribution in [0.3, 0.4) is 0 Å². The quantitative estimate of drug-likeness (QED) is 0.627. The predicted molar refractivity (Wildman–Crippen MR) is 61.3 cm³/mol. The zero-order valence-electron chi connectivity index (χ0n) is 9.74. The normalized spacial score (nSPS) is 14.1. The average Bonchev–Trinajstić information content (AvgIpc) is 2.72. The summed E-state index contributed by atoms with van der Waals surface area (Å²) in [6.45, 7) is 2.43. The molecule has 4 nitrogen and oxygen atoms in total. The third-order valence-electron chi connectivity index (χ3n) is 2.59. The molecule has 2 rings (SSSR count). The molecule has 17 heavy (non-hydrogen) atoms. The number of ether oxygens (including phenoxy) is 1. The smallest absolute Gasteiger partial charge is 0.328 e. The van der Waals surface area contributed by atoms with Crippen LogP contribution in [0.15, 0.2) is 29.3 Å². The highest BCUT2D eigenvalue weighted by molar-refractivity contribution is 6.03. The minimum atomic E-state index is -0.380. The van der Waals surface area contributed by atoms with Crippen molar-refractivity contribution < 1.29 is 21.9 Å². The summed E-state index contributed by atoms with van der Waals surface area (Å²) in [5.41, 5.74) is 2.25. The van der Waals surface area contributed by atoms with Crippen LogP contribution < -0.4 is 17.7 Å². The molecule has 1 aliphatic heterocycles. The maximum absolute atomic E-state index is 11.3. The molecule has 0 radical (unpaired) electrons. The SMILES string of the molecule is COC(=O)C(C)NC1=NCc2ccccc21.[Cl-]. The van der Waals surface area contributed by atoms with Crippen LogP contribution in [-0.4, -0.2) is 25.0 Å². The largest absolute Gasteiger partial charge is 1.00 e. The van der Waals surface area contributed by atoms with E-state index in [4.69, 9.17) is 0 Å². The zero-order valence-corrected chi connectivity index (χ0v) is 10.5. The summed E-state index contributed by atoms with van der Waals surface area (Å²) in [6.07, 6.45) is 0. The molecule has 5 heteroatoms. The summed E-state index contributed by atoms with van der Waals surface area (Å²) < 4.78 is 4.65. The summed E-state index contributed by atoms with van der Waals surface area (Å²) >= 11 is 0. The summed E-state index contributed by atoms with van der Waals surface area (Å²) in [7, 11) is 1.38. The minimum absolute atomic E-state index is 0. The molecule has 1 aromatic carbocycles. The highest BCUT2D eigenvalue weighted by atomic mass is 35.5. The Bertz CT molecular complexity index is 446. The van der Waals surface area contributed by atoms with Gasteiger partial charge in [0.15, 0.2) is 0 Å². The summed E-state index contributed by atoms with van der Waals surface area (Å²) in [6, 6.07) is 7.61. The van der Waals surface area contributed by atoms with Gasteiger partial charge in [0.25, 0.3) is 0 Å². The Labute approximate surface area is 106 Å². The molecular weight excluding hydrogens is 240 g/mol. The van der Waals surface area contributed by atoms with Crippen LogP contribution in [0.1, 0.15) is 18.1 Å². The van der Waals surface area contributed by atoms with Crippen LogP contribution in [0.25, 0.3) is 0 Å². The van der Waals surface area contributed by atoms with E-state index >= 15 is 0 Å². The molecule has 1 N–H and O–H groups in total. The van der Waals surface area contributed by atoms with Crippen LogP contribution in [0.5, 0.6) is 0 Å². The van der Waals surface area contributed by atoms with E-state index in [-0.39, 0.29) is 24.4 Å². The van der Waals surface area contributed by atoms with E-state index in [1.807, 2.05) is 24.3 Å². The van der Waals surface area contributed by atoms with Crippen LogP contribution >= 0.6 is 0 Å². The van der Waals surface area contributed by atoms with Gasteiger partial charge in [0.1, 0.15) is 11.9 Å².